The Morgan fingerprint density at radius 3 is 2.88 bits per heavy atom. The zero-order valence-corrected chi connectivity index (χ0v) is 10.6. The zero-order valence-electron chi connectivity index (χ0n) is 10.6. The molecule has 4 nitrogen and oxygen atoms in total. The van der Waals surface area contributed by atoms with Crippen LogP contribution in [0.2, 0.25) is 0 Å². The highest BCUT2D eigenvalue weighted by Crippen LogP contribution is 2.08. The lowest BCUT2D eigenvalue weighted by Crippen LogP contribution is -2.19. The normalized spacial score (nSPS) is 12.1. The molecule has 1 aromatic carbocycles. The summed E-state index contributed by atoms with van der Waals surface area (Å²) in [6, 6.07) is 7.77. The Balaban J connectivity index is 2.65. The lowest BCUT2D eigenvalue weighted by atomic mass is 10.1. The third-order valence-electron chi connectivity index (χ3n) is 2.68. The number of nitrogens with two attached hydrogens (primary N) is 1. The maximum atomic E-state index is 8.63. The lowest BCUT2D eigenvalue weighted by molar-refractivity contribution is 0.318. The molecule has 0 saturated heterocycles. The second-order valence-corrected chi connectivity index (χ2v) is 4.28. The zero-order chi connectivity index (χ0) is 12.7. The number of nitrogens with zero attached hydrogens (tertiary/aromatic N) is 2. The molecule has 0 saturated carbocycles. The van der Waals surface area contributed by atoms with Gasteiger partial charge < -0.3 is 15.8 Å². The van der Waals surface area contributed by atoms with Gasteiger partial charge in [-0.25, -0.2) is 0 Å². The summed E-state index contributed by atoms with van der Waals surface area (Å²) in [6.45, 7) is 4.16. The van der Waals surface area contributed by atoms with Crippen LogP contribution < -0.4 is 5.73 Å². The first-order chi connectivity index (χ1) is 8.17. The van der Waals surface area contributed by atoms with Gasteiger partial charge in [0.25, 0.3) is 0 Å². The van der Waals surface area contributed by atoms with Gasteiger partial charge in [-0.1, -0.05) is 36.7 Å². The Bertz CT molecular complexity index is 377. The van der Waals surface area contributed by atoms with E-state index >= 15 is 0 Å². The van der Waals surface area contributed by atoms with Crippen molar-refractivity contribution >= 4 is 5.84 Å². The largest absolute Gasteiger partial charge is 0.409 e. The van der Waals surface area contributed by atoms with Crippen LogP contribution in [0.5, 0.6) is 0 Å². The van der Waals surface area contributed by atoms with Crippen molar-refractivity contribution in [2.45, 2.75) is 26.3 Å². The highest BCUT2D eigenvalue weighted by Gasteiger charge is 2.03. The SMILES string of the molecule is CCCCN(C)Cc1cccc(/C(N)=N/O)c1. The molecule has 0 heterocycles. The first-order valence-corrected chi connectivity index (χ1v) is 5.92. The topological polar surface area (TPSA) is 61.8 Å². The monoisotopic (exact) mass is 235 g/mol. The van der Waals surface area contributed by atoms with Gasteiger partial charge in [-0.3, -0.25) is 0 Å². The van der Waals surface area contributed by atoms with Gasteiger partial charge in [-0.15, -0.1) is 0 Å². The van der Waals surface area contributed by atoms with E-state index in [2.05, 4.69) is 30.1 Å². The highest BCUT2D eigenvalue weighted by molar-refractivity contribution is 5.97. The molecule has 0 atom stereocenters. The van der Waals surface area contributed by atoms with Crippen molar-refractivity contribution in [2.24, 2.45) is 10.9 Å². The number of amidine groups is 1. The fourth-order valence-electron chi connectivity index (χ4n) is 1.71. The molecule has 0 fully saturated rings. The summed E-state index contributed by atoms with van der Waals surface area (Å²) in [5, 5.41) is 11.6. The number of hydrogen-bond donors (Lipinski definition) is 2. The standard InChI is InChI=1S/C13H21N3O/c1-3-4-8-16(2)10-11-6-5-7-12(9-11)13(14)15-17/h5-7,9,17H,3-4,8,10H2,1-2H3,(H2,14,15). The predicted octanol–water partition coefficient (Wildman–Crippen LogP) is 2.01. The fraction of sp³-hybridized carbons (Fsp3) is 0.462. The van der Waals surface area contributed by atoms with E-state index in [1.165, 1.54) is 18.4 Å². The molecule has 0 spiro atoms. The van der Waals surface area contributed by atoms with Crippen LogP contribution >= 0.6 is 0 Å². The van der Waals surface area contributed by atoms with Crippen LogP contribution in [-0.2, 0) is 6.54 Å². The van der Waals surface area contributed by atoms with Gasteiger partial charge in [0, 0.05) is 12.1 Å². The van der Waals surface area contributed by atoms with E-state index in [4.69, 9.17) is 10.9 Å². The van der Waals surface area contributed by atoms with Crippen molar-refractivity contribution in [3.63, 3.8) is 0 Å². The van der Waals surface area contributed by atoms with E-state index in [1.54, 1.807) is 0 Å². The summed E-state index contributed by atoms with van der Waals surface area (Å²) < 4.78 is 0. The highest BCUT2D eigenvalue weighted by atomic mass is 16.4. The molecular weight excluding hydrogens is 214 g/mol. The predicted molar refractivity (Wildman–Crippen MR) is 70.2 cm³/mol. The summed E-state index contributed by atoms with van der Waals surface area (Å²) in [5.74, 6) is 0.156. The van der Waals surface area contributed by atoms with E-state index in [0.717, 1.165) is 18.7 Å². The third-order valence-corrected chi connectivity index (χ3v) is 2.68. The minimum absolute atomic E-state index is 0.156. The first-order valence-electron chi connectivity index (χ1n) is 5.92. The van der Waals surface area contributed by atoms with E-state index in [-0.39, 0.29) is 5.84 Å². The van der Waals surface area contributed by atoms with E-state index < -0.39 is 0 Å². The Labute approximate surface area is 103 Å². The Morgan fingerprint density at radius 2 is 2.24 bits per heavy atom. The Morgan fingerprint density at radius 1 is 1.47 bits per heavy atom. The van der Waals surface area contributed by atoms with Gasteiger partial charge >= 0.3 is 0 Å². The van der Waals surface area contributed by atoms with Gasteiger partial charge in [0.15, 0.2) is 5.84 Å². The van der Waals surface area contributed by atoms with Crippen LogP contribution in [-0.4, -0.2) is 29.5 Å². The molecule has 1 aromatic rings. The first kappa shape index (κ1) is 13.5. The van der Waals surface area contributed by atoms with Crippen LogP contribution in [0.15, 0.2) is 29.4 Å². The van der Waals surface area contributed by atoms with Crippen molar-refractivity contribution < 1.29 is 5.21 Å². The molecular formula is C13H21N3O. The maximum Gasteiger partial charge on any atom is 0.170 e. The van der Waals surface area contributed by atoms with Crippen LogP contribution in [0.1, 0.15) is 30.9 Å². The lowest BCUT2D eigenvalue weighted by Gasteiger charge is -2.16. The average Bonchev–Trinajstić information content (AvgIpc) is 2.35. The molecule has 0 amide bonds. The minimum Gasteiger partial charge on any atom is -0.409 e. The molecule has 0 aliphatic carbocycles. The van der Waals surface area contributed by atoms with Crippen molar-refractivity contribution in [1.82, 2.24) is 4.90 Å². The summed E-state index contributed by atoms with van der Waals surface area (Å²) in [7, 11) is 2.10. The summed E-state index contributed by atoms with van der Waals surface area (Å²) >= 11 is 0. The molecule has 0 aliphatic heterocycles. The second-order valence-electron chi connectivity index (χ2n) is 4.28. The van der Waals surface area contributed by atoms with Gasteiger partial charge in [-0.2, -0.15) is 0 Å². The molecule has 0 unspecified atom stereocenters. The van der Waals surface area contributed by atoms with Crippen LogP contribution in [0.25, 0.3) is 0 Å². The number of hydrogen-bond acceptors (Lipinski definition) is 3. The van der Waals surface area contributed by atoms with E-state index in [1.807, 2.05) is 18.2 Å². The number of unbranched alkanes of at least 4 members (excludes halogenated alkanes) is 1. The third kappa shape index (κ3) is 4.44. The molecule has 17 heavy (non-hydrogen) atoms. The smallest absolute Gasteiger partial charge is 0.170 e. The van der Waals surface area contributed by atoms with Gasteiger partial charge in [0.05, 0.1) is 0 Å². The van der Waals surface area contributed by atoms with Crippen LogP contribution in [0, 0.1) is 0 Å². The van der Waals surface area contributed by atoms with Crippen LogP contribution in [0.4, 0.5) is 0 Å². The fourth-order valence-corrected chi connectivity index (χ4v) is 1.71. The summed E-state index contributed by atoms with van der Waals surface area (Å²) in [4.78, 5) is 2.27. The Hall–Kier alpha value is -1.55. The summed E-state index contributed by atoms with van der Waals surface area (Å²) in [6.07, 6.45) is 2.41. The van der Waals surface area contributed by atoms with E-state index in [9.17, 15) is 0 Å². The number of oxime groups is 1. The second kappa shape index (κ2) is 6.91. The molecule has 4 heteroatoms. The van der Waals surface area contributed by atoms with Crippen molar-refractivity contribution in [3.8, 4) is 0 Å². The molecule has 1 rings (SSSR count). The van der Waals surface area contributed by atoms with Crippen molar-refractivity contribution in [3.05, 3.63) is 35.4 Å². The van der Waals surface area contributed by atoms with Crippen molar-refractivity contribution in [1.29, 1.82) is 0 Å². The van der Waals surface area contributed by atoms with Gasteiger partial charge in [-0.05, 0) is 31.6 Å². The summed E-state index contributed by atoms with van der Waals surface area (Å²) in [5.41, 5.74) is 7.49. The van der Waals surface area contributed by atoms with Crippen molar-refractivity contribution in [2.75, 3.05) is 13.6 Å². The van der Waals surface area contributed by atoms with Crippen LogP contribution in [0.3, 0.4) is 0 Å². The molecule has 0 bridgehead atoms. The molecule has 0 aliphatic rings. The Kier molecular flexibility index (Phi) is 5.49. The molecule has 0 radical (unpaired) electrons. The van der Waals surface area contributed by atoms with Gasteiger partial charge in [0.1, 0.15) is 0 Å². The average molecular weight is 235 g/mol. The number of benzene rings is 1. The van der Waals surface area contributed by atoms with E-state index in [0.29, 0.717) is 0 Å². The van der Waals surface area contributed by atoms with Gasteiger partial charge in [0.2, 0.25) is 0 Å². The molecule has 3 N–H and O–H groups in total. The minimum atomic E-state index is 0.156. The molecule has 0 aromatic heterocycles. The maximum absolute atomic E-state index is 8.63. The number of rotatable bonds is 6. The molecule has 94 valence electrons. The quantitative estimate of drug-likeness (QED) is 0.343.